The number of anilines is 2. The molecule has 1 unspecified atom stereocenters. The molecule has 0 bridgehead atoms. The van der Waals surface area contributed by atoms with E-state index in [-0.39, 0.29) is 11.9 Å². The number of carbonyl (C=O) groups is 1. The molecule has 1 saturated carbocycles. The molecule has 1 aliphatic rings. The number of primary amides is 1. The number of nitrogens with zero attached hydrogens (tertiary/aromatic N) is 2. The Kier molecular flexibility index (Phi) is 4.42. The van der Waals surface area contributed by atoms with Gasteiger partial charge in [-0.2, -0.15) is 0 Å². The van der Waals surface area contributed by atoms with E-state index < -0.39 is 0 Å². The van der Waals surface area contributed by atoms with Crippen LogP contribution in [-0.2, 0) is 4.79 Å². The zero-order valence-electron chi connectivity index (χ0n) is 12.4. The van der Waals surface area contributed by atoms with Gasteiger partial charge in [0.2, 0.25) is 5.91 Å². The predicted octanol–water partition coefficient (Wildman–Crippen LogP) is 1.77. The maximum absolute atomic E-state index is 11.0. The second kappa shape index (κ2) is 6.07. The molecule has 2 rings (SSSR count). The molecule has 0 aromatic carbocycles. The average molecular weight is 277 g/mol. The summed E-state index contributed by atoms with van der Waals surface area (Å²) in [6.07, 6.45) is 2.61. The van der Waals surface area contributed by atoms with Crippen LogP contribution in [0.2, 0.25) is 0 Å². The highest BCUT2D eigenvalue weighted by molar-refractivity contribution is 5.75. The van der Waals surface area contributed by atoms with Crippen molar-refractivity contribution in [1.82, 2.24) is 9.97 Å². The molecular formula is C14H23N5O. The zero-order valence-corrected chi connectivity index (χ0v) is 12.4. The predicted molar refractivity (Wildman–Crippen MR) is 79.8 cm³/mol. The van der Waals surface area contributed by atoms with Gasteiger partial charge in [0.15, 0.2) is 0 Å². The zero-order chi connectivity index (χ0) is 14.7. The van der Waals surface area contributed by atoms with Crippen LogP contribution in [0.1, 0.15) is 50.4 Å². The SMILES string of the molecule is CCNc1nc(C2CC2)nc(NC(C)CC(N)=O)c1C. The van der Waals surface area contributed by atoms with Crippen LogP contribution >= 0.6 is 0 Å². The third-order valence-corrected chi connectivity index (χ3v) is 3.34. The van der Waals surface area contributed by atoms with Crippen molar-refractivity contribution < 1.29 is 4.79 Å². The van der Waals surface area contributed by atoms with Gasteiger partial charge in [-0.15, -0.1) is 0 Å². The monoisotopic (exact) mass is 277 g/mol. The lowest BCUT2D eigenvalue weighted by atomic mass is 10.2. The van der Waals surface area contributed by atoms with Gasteiger partial charge in [0.25, 0.3) is 0 Å². The van der Waals surface area contributed by atoms with E-state index in [2.05, 4.69) is 20.6 Å². The molecule has 20 heavy (non-hydrogen) atoms. The van der Waals surface area contributed by atoms with Crippen molar-refractivity contribution in [3.05, 3.63) is 11.4 Å². The van der Waals surface area contributed by atoms with Gasteiger partial charge in [0.05, 0.1) is 0 Å². The lowest BCUT2D eigenvalue weighted by Crippen LogP contribution is -2.25. The molecule has 1 heterocycles. The molecule has 4 N–H and O–H groups in total. The lowest BCUT2D eigenvalue weighted by Gasteiger charge is -2.18. The van der Waals surface area contributed by atoms with Gasteiger partial charge < -0.3 is 16.4 Å². The van der Waals surface area contributed by atoms with Crippen LogP contribution < -0.4 is 16.4 Å². The number of nitrogens with one attached hydrogen (secondary N) is 2. The number of aromatic nitrogens is 2. The molecule has 1 fully saturated rings. The van der Waals surface area contributed by atoms with E-state index in [1.165, 1.54) is 0 Å². The molecule has 6 heteroatoms. The number of carbonyl (C=O) groups excluding carboxylic acids is 1. The molecule has 6 nitrogen and oxygen atoms in total. The Morgan fingerprint density at radius 2 is 2.05 bits per heavy atom. The molecule has 1 amide bonds. The van der Waals surface area contributed by atoms with Crippen molar-refractivity contribution in [1.29, 1.82) is 0 Å². The van der Waals surface area contributed by atoms with Crippen molar-refractivity contribution in [2.75, 3.05) is 17.2 Å². The summed E-state index contributed by atoms with van der Waals surface area (Å²) >= 11 is 0. The van der Waals surface area contributed by atoms with Crippen LogP contribution in [0, 0.1) is 6.92 Å². The summed E-state index contributed by atoms with van der Waals surface area (Å²) in [6, 6.07) is -0.0392. The molecule has 0 radical (unpaired) electrons. The minimum absolute atomic E-state index is 0.0392. The molecule has 1 aromatic rings. The van der Waals surface area contributed by atoms with E-state index in [4.69, 9.17) is 5.73 Å². The molecular weight excluding hydrogens is 254 g/mol. The summed E-state index contributed by atoms with van der Waals surface area (Å²) in [5.74, 6) is 2.73. The van der Waals surface area contributed by atoms with Gasteiger partial charge in [0.1, 0.15) is 17.5 Å². The molecule has 110 valence electrons. The third-order valence-electron chi connectivity index (χ3n) is 3.34. The van der Waals surface area contributed by atoms with E-state index >= 15 is 0 Å². The van der Waals surface area contributed by atoms with Crippen LogP contribution in [0.15, 0.2) is 0 Å². The number of nitrogens with two attached hydrogens (primary N) is 1. The van der Waals surface area contributed by atoms with E-state index in [1.54, 1.807) is 0 Å². The van der Waals surface area contributed by atoms with E-state index in [1.807, 2.05) is 20.8 Å². The Bertz CT molecular complexity index is 499. The van der Waals surface area contributed by atoms with Gasteiger partial charge in [-0.3, -0.25) is 4.79 Å². The fourth-order valence-corrected chi connectivity index (χ4v) is 2.12. The standard InChI is InChI=1S/C14H23N5O/c1-4-16-12-9(3)13(17-8(2)7-11(15)20)19-14(18-12)10-5-6-10/h8,10H,4-7H2,1-3H3,(H2,15,20)(H2,16,17,18,19). The highest BCUT2D eigenvalue weighted by Gasteiger charge is 2.28. The van der Waals surface area contributed by atoms with Crippen LogP contribution in [0.25, 0.3) is 0 Å². The summed E-state index contributed by atoms with van der Waals surface area (Å²) in [6.45, 7) is 6.77. The van der Waals surface area contributed by atoms with Crippen LogP contribution in [-0.4, -0.2) is 28.5 Å². The van der Waals surface area contributed by atoms with Crippen molar-refractivity contribution in [2.45, 2.75) is 52.0 Å². The summed E-state index contributed by atoms with van der Waals surface area (Å²) in [7, 11) is 0. The Hall–Kier alpha value is -1.85. The van der Waals surface area contributed by atoms with E-state index in [9.17, 15) is 4.79 Å². The molecule has 1 atom stereocenters. The fourth-order valence-electron chi connectivity index (χ4n) is 2.12. The first kappa shape index (κ1) is 14.6. The maximum Gasteiger partial charge on any atom is 0.219 e. The number of hydrogen-bond acceptors (Lipinski definition) is 5. The highest BCUT2D eigenvalue weighted by atomic mass is 16.1. The molecule has 1 aliphatic carbocycles. The Morgan fingerprint density at radius 3 is 2.60 bits per heavy atom. The van der Waals surface area contributed by atoms with Crippen molar-refractivity contribution in [3.63, 3.8) is 0 Å². The first-order valence-electron chi connectivity index (χ1n) is 7.18. The number of amides is 1. The van der Waals surface area contributed by atoms with Gasteiger partial charge in [-0.05, 0) is 33.6 Å². The van der Waals surface area contributed by atoms with Crippen molar-refractivity contribution in [3.8, 4) is 0 Å². The lowest BCUT2D eigenvalue weighted by molar-refractivity contribution is -0.118. The Labute approximate surface area is 119 Å². The second-order valence-corrected chi connectivity index (χ2v) is 5.42. The summed E-state index contributed by atoms with van der Waals surface area (Å²) in [4.78, 5) is 20.2. The fraction of sp³-hybridized carbons (Fsp3) is 0.643. The Balaban J connectivity index is 2.23. The topological polar surface area (TPSA) is 92.9 Å². The van der Waals surface area contributed by atoms with Crippen LogP contribution in [0.5, 0.6) is 0 Å². The third kappa shape index (κ3) is 3.59. The minimum Gasteiger partial charge on any atom is -0.370 e. The van der Waals surface area contributed by atoms with Gasteiger partial charge >= 0.3 is 0 Å². The van der Waals surface area contributed by atoms with Gasteiger partial charge in [-0.1, -0.05) is 0 Å². The van der Waals surface area contributed by atoms with Crippen molar-refractivity contribution in [2.24, 2.45) is 5.73 Å². The first-order chi connectivity index (χ1) is 9.51. The summed E-state index contributed by atoms with van der Waals surface area (Å²) < 4.78 is 0. The first-order valence-corrected chi connectivity index (χ1v) is 7.18. The number of hydrogen-bond donors (Lipinski definition) is 3. The minimum atomic E-state index is -0.314. The van der Waals surface area contributed by atoms with E-state index in [0.717, 1.165) is 42.4 Å². The van der Waals surface area contributed by atoms with Gasteiger partial charge in [0, 0.05) is 30.5 Å². The van der Waals surface area contributed by atoms with Crippen molar-refractivity contribution >= 4 is 17.5 Å². The maximum atomic E-state index is 11.0. The normalized spacial score (nSPS) is 15.8. The quantitative estimate of drug-likeness (QED) is 0.706. The van der Waals surface area contributed by atoms with Gasteiger partial charge in [-0.25, -0.2) is 9.97 Å². The summed E-state index contributed by atoms with van der Waals surface area (Å²) in [5.41, 5.74) is 6.21. The highest BCUT2D eigenvalue weighted by Crippen LogP contribution is 2.39. The van der Waals surface area contributed by atoms with E-state index in [0.29, 0.717) is 12.3 Å². The molecule has 0 saturated heterocycles. The molecule has 1 aromatic heterocycles. The molecule has 0 aliphatic heterocycles. The van der Waals surface area contributed by atoms with Crippen LogP contribution in [0.4, 0.5) is 11.6 Å². The Morgan fingerprint density at radius 1 is 1.40 bits per heavy atom. The smallest absolute Gasteiger partial charge is 0.219 e. The molecule has 0 spiro atoms. The average Bonchev–Trinajstić information content (AvgIpc) is 3.17. The number of rotatable bonds is 7. The van der Waals surface area contributed by atoms with Crippen LogP contribution in [0.3, 0.4) is 0 Å². The summed E-state index contributed by atoms with van der Waals surface area (Å²) in [5, 5.41) is 6.54. The largest absolute Gasteiger partial charge is 0.370 e. The second-order valence-electron chi connectivity index (χ2n) is 5.42.